The lowest BCUT2D eigenvalue weighted by atomic mass is 10.3. The normalized spacial score (nSPS) is 9.40. The van der Waals surface area contributed by atoms with Crippen LogP contribution < -0.4 is 10.6 Å². The van der Waals surface area contributed by atoms with E-state index in [-0.39, 0.29) is 5.91 Å². The molecule has 3 heteroatoms. The Kier molecular flexibility index (Phi) is 6.18. The second-order valence-corrected chi connectivity index (χ2v) is 2.29. The summed E-state index contributed by atoms with van der Waals surface area (Å²) in [6.45, 7) is 3.37. The molecule has 0 saturated carbocycles. The van der Waals surface area contributed by atoms with Gasteiger partial charge in [-0.1, -0.05) is 0 Å². The minimum absolute atomic E-state index is 0.0597. The fourth-order valence-corrected chi connectivity index (χ4v) is 0.691. The number of unbranched alkanes of at least 4 members (excludes halogenated alkanes) is 1. The summed E-state index contributed by atoms with van der Waals surface area (Å²) in [6.07, 6.45) is 2.18. The standard InChI is InChI=1S/C7H16N2O/c1-7(10)9-6-4-3-5-8-2/h8H,3-6H2,1-2H3,(H,9,10). The SMILES string of the molecule is CNCCCCNC(C)=O. The molecule has 0 rings (SSSR count). The molecule has 0 heterocycles. The monoisotopic (exact) mass is 144 g/mol. The van der Waals surface area contributed by atoms with Crippen LogP contribution in [-0.4, -0.2) is 26.0 Å². The van der Waals surface area contributed by atoms with Crippen LogP contribution in [-0.2, 0) is 4.79 Å². The van der Waals surface area contributed by atoms with Crippen LogP contribution in [0.2, 0.25) is 0 Å². The molecule has 0 aliphatic rings. The Hall–Kier alpha value is -0.570. The van der Waals surface area contributed by atoms with Crippen LogP contribution in [0.5, 0.6) is 0 Å². The maximum atomic E-state index is 10.3. The van der Waals surface area contributed by atoms with E-state index in [0.29, 0.717) is 0 Å². The summed E-state index contributed by atoms with van der Waals surface area (Å²) in [4.78, 5) is 10.3. The van der Waals surface area contributed by atoms with Crippen molar-refractivity contribution in [2.24, 2.45) is 0 Å². The fraction of sp³-hybridized carbons (Fsp3) is 0.857. The van der Waals surface area contributed by atoms with Gasteiger partial charge in [0, 0.05) is 13.5 Å². The van der Waals surface area contributed by atoms with E-state index in [1.54, 1.807) is 0 Å². The summed E-state index contributed by atoms with van der Waals surface area (Å²) < 4.78 is 0. The van der Waals surface area contributed by atoms with Crippen molar-refractivity contribution in [2.75, 3.05) is 20.1 Å². The summed E-state index contributed by atoms with van der Waals surface area (Å²) in [5.74, 6) is 0.0597. The van der Waals surface area contributed by atoms with Gasteiger partial charge in [0.25, 0.3) is 0 Å². The topological polar surface area (TPSA) is 41.1 Å². The summed E-state index contributed by atoms with van der Waals surface area (Å²) in [6, 6.07) is 0. The van der Waals surface area contributed by atoms with E-state index < -0.39 is 0 Å². The Morgan fingerprint density at radius 3 is 2.40 bits per heavy atom. The molecule has 0 saturated heterocycles. The maximum Gasteiger partial charge on any atom is 0.216 e. The molecule has 0 bridgehead atoms. The Labute approximate surface area is 62.2 Å². The number of rotatable bonds is 5. The zero-order valence-electron chi connectivity index (χ0n) is 6.74. The summed E-state index contributed by atoms with van der Waals surface area (Å²) in [5.41, 5.74) is 0. The average molecular weight is 144 g/mol. The molecule has 0 aliphatic heterocycles. The molecule has 0 aromatic carbocycles. The largest absolute Gasteiger partial charge is 0.356 e. The second kappa shape index (κ2) is 6.55. The van der Waals surface area contributed by atoms with Crippen LogP contribution in [0.1, 0.15) is 19.8 Å². The Bertz CT molecular complexity index is 93.6. The predicted octanol–water partition coefficient (Wildman–Crippen LogP) is 0.122. The third-order valence-electron chi connectivity index (χ3n) is 1.23. The van der Waals surface area contributed by atoms with Crippen molar-refractivity contribution in [2.45, 2.75) is 19.8 Å². The molecule has 60 valence electrons. The molecule has 1 amide bonds. The number of amides is 1. The first-order chi connectivity index (χ1) is 4.77. The maximum absolute atomic E-state index is 10.3. The van der Waals surface area contributed by atoms with E-state index in [0.717, 1.165) is 25.9 Å². The van der Waals surface area contributed by atoms with E-state index in [1.165, 1.54) is 6.92 Å². The van der Waals surface area contributed by atoms with Crippen molar-refractivity contribution in [1.29, 1.82) is 0 Å². The third kappa shape index (κ3) is 7.43. The van der Waals surface area contributed by atoms with Crippen molar-refractivity contribution < 1.29 is 4.79 Å². The first-order valence-electron chi connectivity index (χ1n) is 3.66. The summed E-state index contributed by atoms with van der Waals surface area (Å²) >= 11 is 0. The quantitative estimate of drug-likeness (QED) is 0.538. The second-order valence-electron chi connectivity index (χ2n) is 2.29. The highest BCUT2D eigenvalue weighted by molar-refractivity contribution is 5.72. The van der Waals surface area contributed by atoms with Crippen LogP contribution >= 0.6 is 0 Å². The van der Waals surface area contributed by atoms with Gasteiger partial charge in [-0.05, 0) is 26.4 Å². The van der Waals surface area contributed by atoms with Crippen molar-refractivity contribution in [3.05, 3.63) is 0 Å². The summed E-state index contributed by atoms with van der Waals surface area (Å²) in [5, 5.41) is 5.78. The van der Waals surface area contributed by atoms with Gasteiger partial charge in [-0.15, -0.1) is 0 Å². The van der Waals surface area contributed by atoms with Gasteiger partial charge in [0.15, 0.2) is 0 Å². The highest BCUT2D eigenvalue weighted by Crippen LogP contribution is 1.82. The van der Waals surface area contributed by atoms with Gasteiger partial charge in [-0.25, -0.2) is 0 Å². The molecule has 10 heavy (non-hydrogen) atoms. The van der Waals surface area contributed by atoms with Crippen molar-refractivity contribution >= 4 is 5.91 Å². The molecule has 3 nitrogen and oxygen atoms in total. The molecule has 0 fully saturated rings. The molecular weight excluding hydrogens is 128 g/mol. The number of carbonyl (C=O) groups excluding carboxylic acids is 1. The van der Waals surface area contributed by atoms with Gasteiger partial charge >= 0.3 is 0 Å². The first-order valence-corrected chi connectivity index (χ1v) is 3.66. The number of hydrogen-bond acceptors (Lipinski definition) is 2. The van der Waals surface area contributed by atoms with Crippen molar-refractivity contribution in [3.8, 4) is 0 Å². The zero-order chi connectivity index (χ0) is 7.82. The van der Waals surface area contributed by atoms with Gasteiger partial charge in [0.1, 0.15) is 0 Å². The van der Waals surface area contributed by atoms with Crippen molar-refractivity contribution in [3.63, 3.8) is 0 Å². The lowest BCUT2D eigenvalue weighted by molar-refractivity contribution is -0.118. The summed E-state index contributed by atoms with van der Waals surface area (Å²) in [7, 11) is 1.93. The van der Waals surface area contributed by atoms with Crippen LogP contribution in [0.4, 0.5) is 0 Å². The molecule has 0 radical (unpaired) electrons. The van der Waals surface area contributed by atoms with Crippen LogP contribution in [0, 0.1) is 0 Å². The van der Waals surface area contributed by atoms with E-state index in [9.17, 15) is 4.79 Å². The predicted molar refractivity (Wildman–Crippen MR) is 41.8 cm³/mol. The molecule has 0 spiro atoms. The van der Waals surface area contributed by atoms with Gasteiger partial charge < -0.3 is 10.6 Å². The van der Waals surface area contributed by atoms with E-state index >= 15 is 0 Å². The average Bonchev–Trinajstić information content (AvgIpc) is 1.87. The fourth-order valence-electron chi connectivity index (χ4n) is 0.691. The molecule has 2 N–H and O–H groups in total. The minimum Gasteiger partial charge on any atom is -0.356 e. The highest BCUT2D eigenvalue weighted by atomic mass is 16.1. The molecule has 0 aromatic rings. The van der Waals surface area contributed by atoms with E-state index in [4.69, 9.17) is 0 Å². The van der Waals surface area contributed by atoms with Crippen LogP contribution in [0.25, 0.3) is 0 Å². The number of carbonyl (C=O) groups is 1. The highest BCUT2D eigenvalue weighted by Gasteiger charge is 1.88. The third-order valence-corrected chi connectivity index (χ3v) is 1.23. The van der Waals surface area contributed by atoms with Gasteiger partial charge in [-0.2, -0.15) is 0 Å². The molecule has 0 unspecified atom stereocenters. The van der Waals surface area contributed by atoms with E-state index in [1.807, 2.05) is 7.05 Å². The minimum atomic E-state index is 0.0597. The smallest absolute Gasteiger partial charge is 0.216 e. The van der Waals surface area contributed by atoms with E-state index in [2.05, 4.69) is 10.6 Å². The molecular formula is C7H16N2O. The lowest BCUT2D eigenvalue weighted by Gasteiger charge is -2.00. The van der Waals surface area contributed by atoms with Crippen molar-refractivity contribution in [1.82, 2.24) is 10.6 Å². The lowest BCUT2D eigenvalue weighted by Crippen LogP contribution is -2.21. The molecule has 0 atom stereocenters. The van der Waals surface area contributed by atoms with Gasteiger partial charge in [0.2, 0.25) is 5.91 Å². The Balaban J connectivity index is 2.84. The Morgan fingerprint density at radius 2 is 1.90 bits per heavy atom. The number of hydrogen-bond donors (Lipinski definition) is 2. The first kappa shape index (κ1) is 9.43. The van der Waals surface area contributed by atoms with Gasteiger partial charge in [0.05, 0.1) is 0 Å². The zero-order valence-corrected chi connectivity index (χ0v) is 6.74. The number of nitrogens with one attached hydrogen (secondary N) is 2. The van der Waals surface area contributed by atoms with Gasteiger partial charge in [-0.3, -0.25) is 4.79 Å². The molecule has 0 aromatic heterocycles. The molecule has 0 aliphatic carbocycles. The Morgan fingerprint density at radius 1 is 1.30 bits per heavy atom. The van der Waals surface area contributed by atoms with Crippen LogP contribution in [0.15, 0.2) is 0 Å². The van der Waals surface area contributed by atoms with Crippen LogP contribution in [0.3, 0.4) is 0 Å².